The minimum absolute atomic E-state index is 0.117. The molecule has 2 aromatic heterocycles. The Morgan fingerprint density at radius 3 is 2.03 bits per heavy atom. The van der Waals surface area contributed by atoms with E-state index in [0.29, 0.717) is 6.42 Å². The van der Waals surface area contributed by atoms with Crippen LogP contribution >= 0.6 is 0 Å². The van der Waals surface area contributed by atoms with E-state index in [-0.39, 0.29) is 17.4 Å². The summed E-state index contributed by atoms with van der Waals surface area (Å²) in [4.78, 5) is 36.6. The summed E-state index contributed by atoms with van der Waals surface area (Å²) in [6, 6.07) is 8.21. The van der Waals surface area contributed by atoms with Crippen LogP contribution in [0.3, 0.4) is 0 Å². The number of aromatic nitrogens is 1. The predicted octanol–water partition coefficient (Wildman–Crippen LogP) is 4.14. The van der Waals surface area contributed by atoms with Gasteiger partial charge in [0, 0.05) is 49.8 Å². The number of nitrogens with zero attached hydrogens (tertiary/aromatic N) is 2. The van der Waals surface area contributed by atoms with Gasteiger partial charge in [-0.05, 0) is 36.6 Å². The fourth-order valence-corrected chi connectivity index (χ4v) is 4.32. The fourth-order valence-electron chi connectivity index (χ4n) is 4.32. The van der Waals surface area contributed by atoms with Crippen molar-refractivity contribution in [3.05, 3.63) is 53.7 Å². The lowest BCUT2D eigenvalue weighted by atomic mass is 9.75. The molecule has 1 spiro atoms. The first-order chi connectivity index (χ1) is 18.1. The molecule has 0 aliphatic carbocycles. The van der Waals surface area contributed by atoms with Crippen LogP contribution in [0.2, 0.25) is 0 Å². The third-order valence-corrected chi connectivity index (χ3v) is 6.21. The van der Waals surface area contributed by atoms with Crippen molar-refractivity contribution >= 4 is 17.8 Å². The SMILES string of the molecule is CCc1ccc(CN2CCC3(CC2)NC(=O)CC3c2cccnc2)o1.O=C(O)C(F)(F)F.O=C(O)C(F)(F)F. The van der Waals surface area contributed by atoms with Gasteiger partial charge in [-0.15, -0.1) is 0 Å². The number of hydrogen-bond donors (Lipinski definition) is 3. The highest BCUT2D eigenvalue weighted by atomic mass is 19.4. The van der Waals surface area contributed by atoms with Crippen LogP contribution in [0.4, 0.5) is 26.3 Å². The van der Waals surface area contributed by atoms with Gasteiger partial charge in [-0.2, -0.15) is 26.3 Å². The van der Waals surface area contributed by atoms with Gasteiger partial charge >= 0.3 is 24.3 Å². The van der Waals surface area contributed by atoms with Crippen LogP contribution in [0.1, 0.15) is 49.2 Å². The number of piperidine rings is 1. The van der Waals surface area contributed by atoms with Gasteiger partial charge < -0.3 is 19.9 Å². The van der Waals surface area contributed by atoms with Gasteiger partial charge in [0.15, 0.2) is 0 Å². The van der Waals surface area contributed by atoms with Crippen molar-refractivity contribution in [1.82, 2.24) is 15.2 Å². The van der Waals surface area contributed by atoms with E-state index in [1.807, 2.05) is 12.3 Å². The highest BCUT2D eigenvalue weighted by Gasteiger charge is 2.48. The van der Waals surface area contributed by atoms with E-state index in [0.717, 1.165) is 50.4 Å². The zero-order valence-corrected chi connectivity index (χ0v) is 20.7. The van der Waals surface area contributed by atoms with E-state index in [1.54, 1.807) is 6.20 Å². The maximum atomic E-state index is 12.1. The monoisotopic (exact) mass is 567 g/mol. The Hall–Kier alpha value is -3.62. The topological polar surface area (TPSA) is 133 Å². The van der Waals surface area contributed by atoms with E-state index < -0.39 is 24.3 Å². The Morgan fingerprint density at radius 1 is 1.05 bits per heavy atom. The third-order valence-electron chi connectivity index (χ3n) is 6.21. The molecule has 0 bridgehead atoms. The molecule has 1 amide bonds. The molecule has 1 atom stereocenters. The van der Waals surface area contributed by atoms with Gasteiger partial charge in [0.05, 0.1) is 6.54 Å². The number of carboxylic acids is 2. The van der Waals surface area contributed by atoms with Crippen LogP contribution in [0, 0.1) is 0 Å². The third kappa shape index (κ3) is 9.26. The number of carbonyl (C=O) groups is 3. The van der Waals surface area contributed by atoms with E-state index >= 15 is 0 Å². The number of halogens is 6. The Morgan fingerprint density at radius 2 is 1.59 bits per heavy atom. The van der Waals surface area contributed by atoms with Crippen molar-refractivity contribution in [1.29, 1.82) is 0 Å². The Balaban J connectivity index is 0.000000317. The molecule has 4 rings (SSSR count). The molecule has 3 N–H and O–H groups in total. The molecule has 0 radical (unpaired) electrons. The van der Waals surface area contributed by atoms with E-state index in [4.69, 9.17) is 24.2 Å². The quantitative estimate of drug-likeness (QED) is 0.470. The minimum atomic E-state index is -5.08. The van der Waals surface area contributed by atoms with Crippen molar-refractivity contribution in [3.63, 3.8) is 0 Å². The minimum Gasteiger partial charge on any atom is -0.475 e. The first-order valence-corrected chi connectivity index (χ1v) is 11.7. The highest BCUT2D eigenvalue weighted by molar-refractivity contribution is 5.81. The van der Waals surface area contributed by atoms with E-state index in [2.05, 4.69) is 40.3 Å². The molecule has 2 saturated heterocycles. The van der Waals surface area contributed by atoms with Crippen LogP contribution < -0.4 is 5.32 Å². The molecule has 0 saturated carbocycles. The number of rotatable bonds is 4. The number of pyridine rings is 1. The van der Waals surface area contributed by atoms with Gasteiger partial charge in [0.25, 0.3) is 0 Å². The molecule has 39 heavy (non-hydrogen) atoms. The molecule has 4 heterocycles. The molecule has 2 fully saturated rings. The number of alkyl halides is 6. The van der Waals surface area contributed by atoms with Gasteiger partial charge in [-0.25, -0.2) is 9.59 Å². The zero-order chi connectivity index (χ0) is 29.4. The standard InChI is InChI=1S/C20H25N3O2.2C2HF3O2/c1-2-16-5-6-17(25-16)14-23-10-7-20(8-11-23)18(12-19(24)22-20)15-4-3-9-21-13-15;2*3-2(4,5)1(6)7/h3-6,9,13,18H,2,7-8,10-12,14H2,1H3,(H,22,24);2*(H,6,7). The zero-order valence-electron chi connectivity index (χ0n) is 20.7. The largest absolute Gasteiger partial charge is 0.490 e. The van der Waals surface area contributed by atoms with Crippen molar-refractivity contribution in [2.24, 2.45) is 0 Å². The molecule has 2 aliphatic rings. The summed E-state index contributed by atoms with van der Waals surface area (Å²) in [5.74, 6) is -3.04. The molecule has 9 nitrogen and oxygen atoms in total. The lowest BCUT2D eigenvalue weighted by Gasteiger charge is -2.42. The van der Waals surface area contributed by atoms with Gasteiger partial charge in [-0.1, -0.05) is 13.0 Å². The summed E-state index contributed by atoms with van der Waals surface area (Å²) in [7, 11) is 0. The average molecular weight is 567 g/mol. The Kier molecular flexibility index (Phi) is 10.5. The van der Waals surface area contributed by atoms with Crippen LogP contribution in [0.5, 0.6) is 0 Å². The first kappa shape index (κ1) is 31.6. The number of nitrogens with one attached hydrogen (secondary N) is 1. The first-order valence-electron chi connectivity index (χ1n) is 11.7. The van der Waals surface area contributed by atoms with Crippen molar-refractivity contribution in [2.75, 3.05) is 13.1 Å². The van der Waals surface area contributed by atoms with E-state index in [9.17, 15) is 31.1 Å². The molecule has 0 aromatic carbocycles. The van der Waals surface area contributed by atoms with Gasteiger partial charge in [0.1, 0.15) is 11.5 Å². The molecule has 15 heteroatoms. The molecule has 2 aromatic rings. The van der Waals surface area contributed by atoms with Crippen molar-refractivity contribution < 1.29 is 55.4 Å². The molecular formula is C24H27F6N3O6. The fraction of sp³-hybridized carbons (Fsp3) is 0.500. The lowest BCUT2D eigenvalue weighted by Crippen LogP contribution is -2.53. The number of carbonyl (C=O) groups excluding carboxylic acids is 1. The number of amides is 1. The Labute approximate surface area is 218 Å². The molecule has 216 valence electrons. The van der Waals surface area contributed by atoms with Crippen LogP contribution in [-0.2, 0) is 27.3 Å². The molecule has 1 unspecified atom stereocenters. The molecule has 2 aliphatic heterocycles. The summed E-state index contributed by atoms with van der Waals surface area (Å²) < 4.78 is 69.3. The second-order valence-electron chi connectivity index (χ2n) is 8.85. The number of aryl methyl sites for hydroxylation is 1. The van der Waals surface area contributed by atoms with Crippen molar-refractivity contribution in [3.8, 4) is 0 Å². The highest BCUT2D eigenvalue weighted by Crippen LogP contribution is 2.43. The maximum Gasteiger partial charge on any atom is 0.490 e. The predicted molar refractivity (Wildman–Crippen MR) is 122 cm³/mol. The van der Waals surface area contributed by atoms with Crippen LogP contribution in [0.25, 0.3) is 0 Å². The summed E-state index contributed by atoms with van der Waals surface area (Å²) in [6.07, 6.45) is -3.02. The number of likely N-dealkylation sites (tertiary alicyclic amines) is 1. The molecular weight excluding hydrogens is 540 g/mol. The smallest absolute Gasteiger partial charge is 0.475 e. The summed E-state index contributed by atoms with van der Waals surface area (Å²) in [5, 5.41) is 17.5. The summed E-state index contributed by atoms with van der Waals surface area (Å²) in [6.45, 7) is 4.90. The summed E-state index contributed by atoms with van der Waals surface area (Å²) in [5.41, 5.74) is 1.06. The number of hydrogen-bond acceptors (Lipinski definition) is 6. The van der Waals surface area contributed by atoms with Gasteiger partial charge in [0.2, 0.25) is 5.91 Å². The summed E-state index contributed by atoms with van der Waals surface area (Å²) >= 11 is 0. The number of carboxylic acid groups (broad SMARTS) is 2. The van der Waals surface area contributed by atoms with Crippen LogP contribution in [0.15, 0.2) is 41.1 Å². The number of aliphatic carboxylic acids is 2. The second kappa shape index (κ2) is 13.0. The van der Waals surface area contributed by atoms with Crippen molar-refractivity contribution in [2.45, 2.75) is 63.0 Å². The normalized spacial score (nSPS) is 18.8. The maximum absolute atomic E-state index is 12.1. The van der Waals surface area contributed by atoms with Crippen LogP contribution in [-0.4, -0.2) is 68.9 Å². The van der Waals surface area contributed by atoms with E-state index in [1.165, 1.54) is 5.56 Å². The number of furan rings is 1. The lowest BCUT2D eigenvalue weighted by molar-refractivity contribution is -0.193. The van der Waals surface area contributed by atoms with Gasteiger partial charge in [-0.3, -0.25) is 14.7 Å². The second-order valence-corrected chi connectivity index (χ2v) is 8.85. The average Bonchev–Trinajstić information content (AvgIpc) is 3.44. The Bertz CT molecular complexity index is 1090.